The number of carbonyl (C=O) groups is 2. The Bertz CT molecular complexity index is 895. The molecule has 1 saturated carbocycles. The molecule has 1 aliphatic carbocycles. The first kappa shape index (κ1) is 25.0. The quantitative estimate of drug-likeness (QED) is 0.644. The van der Waals surface area contributed by atoms with Gasteiger partial charge in [0.1, 0.15) is 0 Å². The lowest BCUT2D eigenvalue weighted by molar-refractivity contribution is -0.133. The van der Waals surface area contributed by atoms with Crippen LogP contribution >= 0.6 is 11.6 Å². The topological polar surface area (TPSA) is 90.0 Å². The van der Waals surface area contributed by atoms with E-state index in [1.165, 1.54) is 22.0 Å². The molecule has 2 fully saturated rings. The minimum Gasteiger partial charge on any atom is -0.349 e. The van der Waals surface area contributed by atoms with Gasteiger partial charge in [0.25, 0.3) is 10.2 Å². The molecule has 1 atom stereocenters. The largest absolute Gasteiger partial charge is 0.349 e. The summed E-state index contributed by atoms with van der Waals surface area (Å²) in [6.45, 7) is 2.64. The third kappa shape index (κ3) is 6.21. The molecule has 1 unspecified atom stereocenters. The van der Waals surface area contributed by atoms with Gasteiger partial charge in [-0.15, -0.1) is 0 Å². The van der Waals surface area contributed by atoms with Gasteiger partial charge in [-0.3, -0.25) is 9.59 Å². The molecular formula is C22H33ClN4O4S. The molecular weight excluding hydrogens is 452 g/mol. The van der Waals surface area contributed by atoms with Crippen molar-refractivity contribution >= 4 is 33.6 Å². The lowest BCUT2D eigenvalue weighted by atomic mass is 9.96. The third-order valence-corrected chi connectivity index (χ3v) is 8.69. The number of amides is 2. The van der Waals surface area contributed by atoms with Crippen molar-refractivity contribution in [2.45, 2.75) is 57.5 Å². The summed E-state index contributed by atoms with van der Waals surface area (Å²) >= 11 is 5.95. The number of benzene rings is 1. The molecule has 2 amide bonds. The molecule has 1 aromatic rings. The fourth-order valence-corrected chi connectivity index (χ4v) is 6.18. The van der Waals surface area contributed by atoms with Crippen LogP contribution in [0.5, 0.6) is 0 Å². The molecule has 3 rings (SSSR count). The molecule has 0 aromatic heterocycles. The number of hydrogen-bond donors (Lipinski definition) is 1. The maximum Gasteiger partial charge on any atom is 0.282 e. The normalized spacial score (nSPS) is 19.7. The van der Waals surface area contributed by atoms with E-state index in [0.29, 0.717) is 18.1 Å². The SMILES string of the molecule is CC(=O)NC(CC(=O)N1CCN(S(=O)(=O)N(C)C2CCCCC2)CC1)c1ccc(Cl)cc1. The zero-order valence-electron chi connectivity index (χ0n) is 18.8. The van der Waals surface area contributed by atoms with Crippen molar-refractivity contribution in [1.29, 1.82) is 0 Å². The van der Waals surface area contributed by atoms with E-state index in [2.05, 4.69) is 5.32 Å². The van der Waals surface area contributed by atoms with Crippen LogP contribution in [0.1, 0.15) is 57.1 Å². The van der Waals surface area contributed by atoms with E-state index < -0.39 is 16.3 Å². The lowest BCUT2D eigenvalue weighted by Gasteiger charge is -2.39. The van der Waals surface area contributed by atoms with E-state index in [1.807, 2.05) is 0 Å². The highest BCUT2D eigenvalue weighted by Gasteiger charge is 2.35. The van der Waals surface area contributed by atoms with Crippen LogP contribution < -0.4 is 5.32 Å². The Labute approximate surface area is 196 Å². The Morgan fingerprint density at radius 3 is 2.25 bits per heavy atom. The highest BCUT2D eigenvalue weighted by Crippen LogP contribution is 2.26. The van der Waals surface area contributed by atoms with Gasteiger partial charge in [-0.2, -0.15) is 17.0 Å². The van der Waals surface area contributed by atoms with Gasteiger partial charge in [0, 0.05) is 51.2 Å². The highest BCUT2D eigenvalue weighted by molar-refractivity contribution is 7.86. The van der Waals surface area contributed by atoms with Gasteiger partial charge in [0.15, 0.2) is 0 Å². The number of nitrogens with one attached hydrogen (secondary N) is 1. The smallest absolute Gasteiger partial charge is 0.282 e. The Balaban J connectivity index is 1.58. The third-order valence-electron chi connectivity index (χ3n) is 6.40. The summed E-state index contributed by atoms with van der Waals surface area (Å²) in [6.07, 6.45) is 5.22. The van der Waals surface area contributed by atoms with Crippen LogP contribution in [0.15, 0.2) is 24.3 Å². The average Bonchev–Trinajstić information content (AvgIpc) is 2.79. The van der Waals surface area contributed by atoms with Crippen LogP contribution in [-0.2, 0) is 19.8 Å². The molecule has 178 valence electrons. The van der Waals surface area contributed by atoms with Gasteiger partial charge in [0.05, 0.1) is 12.5 Å². The monoisotopic (exact) mass is 484 g/mol. The number of piperazine rings is 1. The summed E-state index contributed by atoms with van der Waals surface area (Å²) in [4.78, 5) is 26.3. The number of hydrogen-bond acceptors (Lipinski definition) is 4. The van der Waals surface area contributed by atoms with E-state index in [1.54, 1.807) is 36.2 Å². The van der Waals surface area contributed by atoms with Gasteiger partial charge >= 0.3 is 0 Å². The Hall–Kier alpha value is -1.68. The number of carbonyl (C=O) groups excluding carboxylic acids is 2. The first-order valence-corrected chi connectivity index (χ1v) is 13.0. The van der Waals surface area contributed by atoms with Crippen molar-refractivity contribution in [1.82, 2.24) is 18.8 Å². The van der Waals surface area contributed by atoms with Crippen molar-refractivity contribution < 1.29 is 18.0 Å². The fraction of sp³-hybridized carbons (Fsp3) is 0.636. The minimum absolute atomic E-state index is 0.0613. The Morgan fingerprint density at radius 2 is 1.69 bits per heavy atom. The molecule has 1 aliphatic heterocycles. The van der Waals surface area contributed by atoms with Crippen LogP contribution in [0.3, 0.4) is 0 Å². The zero-order valence-corrected chi connectivity index (χ0v) is 20.4. The predicted molar refractivity (Wildman–Crippen MR) is 124 cm³/mol. The van der Waals surface area contributed by atoms with Gasteiger partial charge < -0.3 is 10.2 Å². The molecule has 0 radical (unpaired) electrons. The van der Waals surface area contributed by atoms with Crippen molar-refractivity contribution in [3.05, 3.63) is 34.9 Å². The van der Waals surface area contributed by atoms with Crippen LogP contribution in [0, 0.1) is 0 Å². The molecule has 0 spiro atoms. The van der Waals surface area contributed by atoms with Crippen LogP contribution in [0.2, 0.25) is 5.02 Å². The molecule has 10 heteroatoms. The molecule has 2 aliphatic rings. The molecule has 32 heavy (non-hydrogen) atoms. The standard InChI is InChI=1S/C22H33ClN4O4S/c1-17(28)24-21(18-8-10-19(23)11-9-18)16-22(29)26-12-14-27(15-13-26)32(30,31)25(2)20-6-4-3-5-7-20/h8-11,20-21H,3-7,12-16H2,1-2H3,(H,24,28). The van der Waals surface area contributed by atoms with Crippen LogP contribution in [0.4, 0.5) is 0 Å². The molecule has 1 heterocycles. The van der Waals surface area contributed by atoms with Crippen molar-refractivity contribution in [3.8, 4) is 0 Å². The van der Waals surface area contributed by atoms with E-state index in [-0.39, 0.29) is 37.4 Å². The van der Waals surface area contributed by atoms with Gasteiger partial charge in [-0.05, 0) is 30.5 Å². The van der Waals surface area contributed by atoms with E-state index in [9.17, 15) is 18.0 Å². The Kier molecular flexibility index (Phi) is 8.55. The Morgan fingerprint density at radius 1 is 1.09 bits per heavy atom. The molecule has 1 aromatic carbocycles. The van der Waals surface area contributed by atoms with Crippen LogP contribution in [-0.4, -0.2) is 73.0 Å². The van der Waals surface area contributed by atoms with Gasteiger partial charge in [-0.1, -0.05) is 43.0 Å². The average molecular weight is 485 g/mol. The van der Waals surface area contributed by atoms with Crippen molar-refractivity contribution in [2.75, 3.05) is 33.2 Å². The summed E-state index contributed by atoms with van der Waals surface area (Å²) in [5.74, 6) is -0.337. The van der Waals surface area contributed by atoms with Crippen LogP contribution in [0.25, 0.3) is 0 Å². The first-order chi connectivity index (χ1) is 15.2. The van der Waals surface area contributed by atoms with E-state index in [4.69, 9.17) is 11.6 Å². The van der Waals surface area contributed by atoms with Crippen molar-refractivity contribution in [2.24, 2.45) is 0 Å². The summed E-state index contributed by atoms with van der Waals surface area (Å²) < 4.78 is 29.1. The highest BCUT2D eigenvalue weighted by atomic mass is 35.5. The summed E-state index contributed by atoms with van der Waals surface area (Å²) in [5.41, 5.74) is 0.799. The summed E-state index contributed by atoms with van der Waals surface area (Å²) in [7, 11) is -1.86. The maximum absolute atomic E-state index is 13.1. The molecule has 8 nitrogen and oxygen atoms in total. The predicted octanol–water partition coefficient (Wildman–Crippen LogP) is 2.56. The molecule has 1 N–H and O–H groups in total. The molecule has 0 bridgehead atoms. The number of halogens is 1. The van der Waals surface area contributed by atoms with Crippen molar-refractivity contribution in [3.63, 3.8) is 0 Å². The minimum atomic E-state index is -3.54. The van der Waals surface area contributed by atoms with E-state index >= 15 is 0 Å². The second-order valence-electron chi connectivity index (χ2n) is 8.60. The lowest BCUT2D eigenvalue weighted by Crippen LogP contribution is -2.55. The second-order valence-corrected chi connectivity index (χ2v) is 11.0. The molecule has 1 saturated heterocycles. The summed E-state index contributed by atoms with van der Waals surface area (Å²) in [5, 5.41) is 3.41. The van der Waals surface area contributed by atoms with E-state index in [0.717, 1.165) is 31.2 Å². The van der Waals surface area contributed by atoms with Gasteiger partial charge in [0.2, 0.25) is 11.8 Å². The number of rotatable bonds is 7. The zero-order chi connectivity index (χ0) is 23.3. The second kappa shape index (κ2) is 11.0. The summed E-state index contributed by atoms with van der Waals surface area (Å²) in [6, 6.07) is 6.64. The number of nitrogens with zero attached hydrogens (tertiary/aromatic N) is 3. The fourth-order valence-electron chi connectivity index (χ4n) is 4.48. The van der Waals surface area contributed by atoms with Gasteiger partial charge in [-0.25, -0.2) is 0 Å². The first-order valence-electron chi connectivity index (χ1n) is 11.2. The maximum atomic E-state index is 13.1.